The lowest BCUT2D eigenvalue weighted by molar-refractivity contribution is -0.116. The molecular formula is C20H19F2N3O3. The van der Waals surface area contributed by atoms with Crippen LogP contribution in [0.25, 0.3) is 10.9 Å². The van der Waals surface area contributed by atoms with Crippen molar-refractivity contribution in [2.24, 2.45) is 5.92 Å². The number of aromatic nitrogens is 2. The summed E-state index contributed by atoms with van der Waals surface area (Å²) >= 11 is 0. The number of nitrogens with one attached hydrogen (secondary N) is 1. The van der Waals surface area contributed by atoms with Gasteiger partial charge in [0.25, 0.3) is 5.56 Å². The second-order valence-corrected chi connectivity index (χ2v) is 6.87. The second-order valence-electron chi connectivity index (χ2n) is 6.87. The minimum absolute atomic E-state index is 0.0372. The van der Waals surface area contributed by atoms with Crippen LogP contribution in [-0.2, 0) is 17.9 Å². The first kappa shape index (κ1) is 19.5. The van der Waals surface area contributed by atoms with Crippen LogP contribution in [-0.4, -0.2) is 15.0 Å². The molecule has 0 fully saturated rings. The van der Waals surface area contributed by atoms with Gasteiger partial charge in [-0.05, 0) is 30.2 Å². The fourth-order valence-electron chi connectivity index (χ4n) is 2.98. The maximum absolute atomic E-state index is 13.8. The Bertz CT molecular complexity index is 1170. The number of rotatable bonds is 5. The molecule has 0 aliphatic carbocycles. The molecule has 0 spiro atoms. The first-order valence-corrected chi connectivity index (χ1v) is 8.75. The summed E-state index contributed by atoms with van der Waals surface area (Å²) in [6.45, 7) is 3.48. The van der Waals surface area contributed by atoms with Gasteiger partial charge in [-0.1, -0.05) is 26.0 Å². The number of anilines is 1. The van der Waals surface area contributed by atoms with Gasteiger partial charge in [-0.25, -0.2) is 13.6 Å². The van der Waals surface area contributed by atoms with Crippen LogP contribution in [0.5, 0.6) is 0 Å². The molecule has 6 nitrogen and oxygen atoms in total. The molecule has 1 amide bonds. The summed E-state index contributed by atoms with van der Waals surface area (Å²) in [5, 5.41) is 2.56. The summed E-state index contributed by atoms with van der Waals surface area (Å²) in [6.07, 6.45) is 0. The van der Waals surface area contributed by atoms with E-state index in [9.17, 15) is 23.2 Å². The molecule has 0 saturated heterocycles. The first-order chi connectivity index (χ1) is 13.3. The maximum Gasteiger partial charge on any atom is 0.331 e. The number of halogens is 2. The Morgan fingerprint density at radius 2 is 1.79 bits per heavy atom. The number of fused-ring (bicyclic) bond motifs is 1. The van der Waals surface area contributed by atoms with Gasteiger partial charge >= 0.3 is 5.69 Å². The van der Waals surface area contributed by atoms with Crippen LogP contribution in [0.4, 0.5) is 14.5 Å². The summed E-state index contributed by atoms with van der Waals surface area (Å²) < 4.78 is 29.3. The van der Waals surface area contributed by atoms with E-state index < -0.39 is 35.3 Å². The molecule has 0 aliphatic heterocycles. The lowest BCUT2D eigenvalue weighted by Gasteiger charge is -2.15. The predicted molar refractivity (Wildman–Crippen MR) is 102 cm³/mol. The number of amides is 1. The van der Waals surface area contributed by atoms with Crippen molar-refractivity contribution in [3.63, 3.8) is 0 Å². The predicted octanol–water partition coefficient (Wildman–Crippen LogP) is 2.74. The molecule has 3 aromatic rings. The number of hydrogen-bond acceptors (Lipinski definition) is 3. The molecule has 8 heteroatoms. The Morgan fingerprint density at radius 3 is 2.50 bits per heavy atom. The van der Waals surface area contributed by atoms with Crippen molar-refractivity contribution in [3.05, 3.63) is 74.9 Å². The Kier molecular flexibility index (Phi) is 5.39. The fourth-order valence-corrected chi connectivity index (χ4v) is 2.98. The summed E-state index contributed by atoms with van der Waals surface area (Å²) in [4.78, 5) is 37.9. The van der Waals surface area contributed by atoms with Gasteiger partial charge in [0.1, 0.15) is 18.2 Å². The average Bonchev–Trinajstić information content (AvgIpc) is 2.65. The third-order valence-electron chi connectivity index (χ3n) is 4.18. The molecule has 2 aromatic carbocycles. The molecule has 0 saturated carbocycles. The van der Waals surface area contributed by atoms with Gasteiger partial charge in [0.15, 0.2) is 0 Å². The van der Waals surface area contributed by atoms with E-state index in [1.165, 1.54) is 0 Å². The Labute approximate surface area is 159 Å². The highest BCUT2D eigenvalue weighted by Crippen LogP contribution is 2.15. The van der Waals surface area contributed by atoms with Gasteiger partial charge in [-0.3, -0.25) is 18.7 Å². The zero-order valence-corrected chi connectivity index (χ0v) is 15.4. The van der Waals surface area contributed by atoms with E-state index in [1.54, 1.807) is 24.3 Å². The Morgan fingerprint density at radius 1 is 1.07 bits per heavy atom. The number of carbonyl (C=O) groups excluding carboxylic acids is 1. The van der Waals surface area contributed by atoms with Gasteiger partial charge in [-0.15, -0.1) is 0 Å². The van der Waals surface area contributed by atoms with Crippen molar-refractivity contribution < 1.29 is 13.6 Å². The van der Waals surface area contributed by atoms with Crippen LogP contribution < -0.4 is 16.6 Å². The second kappa shape index (κ2) is 7.75. The summed E-state index contributed by atoms with van der Waals surface area (Å²) in [6, 6.07) is 9.14. The maximum atomic E-state index is 13.8. The number of para-hydroxylation sites is 1. The monoisotopic (exact) mass is 387 g/mol. The highest BCUT2D eigenvalue weighted by atomic mass is 19.1. The van der Waals surface area contributed by atoms with Crippen molar-refractivity contribution in [1.82, 2.24) is 9.13 Å². The first-order valence-electron chi connectivity index (χ1n) is 8.75. The minimum Gasteiger partial charge on any atom is -0.322 e. The van der Waals surface area contributed by atoms with Gasteiger partial charge in [0, 0.05) is 12.6 Å². The highest BCUT2D eigenvalue weighted by Gasteiger charge is 2.16. The average molecular weight is 387 g/mol. The van der Waals surface area contributed by atoms with E-state index in [2.05, 4.69) is 5.32 Å². The SMILES string of the molecule is CC(C)Cn1c(=O)c2ccccc2n(CC(=O)Nc2cc(F)ccc2F)c1=O. The van der Waals surface area contributed by atoms with E-state index in [0.717, 1.165) is 27.3 Å². The van der Waals surface area contributed by atoms with Crippen LogP contribution in [0.1, 0.15) is 13.8 Å². The van der Waals surface area contributed by atoms with E-state index in [-0.39, 0.29) is 18.2 Å². The molecule has 146 valence electrons. The van der Waals surface area contributed by atoms with Crippen molar-refractivity contribution in [1.29, 1.82) is 0 Å². The minimum atomic E-state index is -0.795. The highest BCUT2D eigenvalue weighted by molar-refractivity contribution is 5.91. The van der Waals surface area contributed by atoms with Crippen molar-refractivity contribution in [3.8, 4) is 0 Å². The number of benzene rings is 2. The van der Waals surface area contributed by atoms with E-state index in [0.29, 0.717) is 10.9 Å². The summed E-state index contributed by atoms with van der Waals surface area (Å²) in [7, 11) is 0. The number of nitrogens with zero attached hydrogens (tertiary/aromatic N) is 2. The smallest absolute Gasteiger partial charge is 0.322 e. The lowest BCUT2D eigenvalue weighted by atomic mass is 10.2. The van der Waals surface area contributed by atoms with Crippen LogP contribution in [0, 0.1) is 17.6 Å². The zero-order chi connectivity index (χ0) is 20.4. The quantitative estimate of drug-likeness (QED) is 0.732. The molecule has 0 bridgehead atoms. The Balaban J connectivity index is 2.04. The van der Waals surface area contributed by atoms with Crippen molar-refractivity contribution >= 4 is 22.5 Å². The molecule has 0 unspecified atom stereocenters. The largest absolute Gasteiger partial charge is 0.331 e. The molecule has 0 aliphatic rings. The number of hydrogen-bond donors (Lipinski definition) is 1. The molecule has 1 aromatic heterocycles. The summed E-state index contributed by atoms with van der Waals surface area (Å²) in [5.74, 6) is -2.18. The standard InChI is InChI=1S/C20H19F2N3O3/c1-12(2)10-25-19(27)14-5-3-4-6-17(14)24(20(25)28)11-18(26)23-16-9-13(21)7-8-15(16)22/h3-9,12H,10-11H2,1-2H3,(H,23,26). The van der Waals surface area contributed by atoms with Crippen molar-refractivity contribution in [2.45, 2.75) is 26.9 Å². The molecule has 1 N–H and O–H groups in total. The summed E-state index contributed by atoms with van der Waals surface area (Å²) in [5.41, 5.74) is -1.08. The zero-order valence-electron chi connectivity index (χ0n) is 15.4. The number of carbonyl (C=O) groups is 1. The van der Waals surface area contributed by atoms with E-state index in [4.69, 9.17) is 0 Å². The normalized spacial score (nSPS) is 11.2. The molecule has 1 heterocycles. The van der Waals surface area contributed by atoms with Gasteiger partial charge in [0.2, 0.25) is 5.91 Å². The van der Waals surface area contributed by atoms with E-state index in [1.807, 2.05) is 13.8 Å². The van der Waals surface area contributed by atoms with Gasteiger partial charge < -0.3 is 5.32 Å². The van der Waals surface area contributed by atoms with Crippen LogP contribution in [0.2, 0.25) is 0 Å². The topological polar surface area (TPSA) is 73.1 Å². The third kappa shape index (κ3) is 3.85. The molecule has 3 rings (SSSR count). The van der Waals surface area contributed by atoms with Gasteiger partial charge in [0.05, 0.1) is 16.6 Å². The van der Waals surface area contributed by atoms with Crippen LogP contribution >= 0.6 is 0 Å². The van der Waals surface area contributed by atoms with Crippen LogP contribution in [0.15, 0.2) is 52.1 Å². The third-order valence-corrected chi connectivity index (χ3v) is 4.18. The van der Waals surface area contributed by atoms with Crippen LogP contribution in [0.3, 0.4) is 0 Å². The fraction of sp³-hybridized carbons (Fsp3) is 0.250. The Hall–Kier alpha value is -3.29. The van der Waals surface area contributed by atoms with Crippen molar-refractivity contribution in [2.75, 3.05) is 5.32 Å². The van der Waals surface area contributed by atoms with Gasteiger partial charge in [-0.2, -0.15) is 0 Å². The molecular weight excluding hydrogens is 368 g/mol. The lowest BCUT2D eigenvalue weighted by Crippen LogP contribution is -2.42. The molecule has 28 heavy (non-hydrogen) atoms. The van der Waals surface area contributed by atoms with E-state index >= 15 is 0 Å². The molecule has 0 atom stereocenters. The molecule has 0 radical (unpaired) electrons.